The molecule has 0 N–H and O–H groups in total. The molecule has 1 aliphatic rings. The summed E-state index contributed by atoms with van der Waals surface area (Å²) in [4.78, 5) is 25.7. The molecule has 0 aliphatic carbocycles. The molecular formula is C25H27N3O2S. The van der Waals surface area contributed by atoms with Gasteiger partial charge in [0, 0.05) is 53.0 Å². The van der Waals surface area contributed by atoms with Crippen LogP contribution in [-0.4, -0.2) is 47.1 Å². The van der Waals surface area contributed by atoms with Crippen LogP contribution in [0, 0.1) is 5.92 Å². The van der Waals surface area contributed by atoms with Crippen LogP contribution in [0.15, 0.2) is 65.8 Å². The van der Waals surface area contributed by atoms with Gasteiger partial charge in [-0.05, 0) is 56.0 Å². The van der Waals surface area contributed by atoms with Gasteiger partial charge in [0.2, 0.25) is 0 Å². The minimum Gasteiger partial charge on any atom is -0.497 e. The predicted octanol–water partition coefficient (Wildman–Crippen LogP) is 4.97. The highest BCUT2D eigenvalue weighted by Crippen LogP contribution is 2.27. The Kier molecular flexibility index (Phi) is 6.99. The third-order valence-electron chi connectivity index (χ3n) is 5.71. The van der Waals surface area contributed by atoms with Crippen molar-refractivity contribution in [3.63, 3.8) is 0 Å². The quantitative estimate of drug-likeness (QED) is 0.387. The molecule has 31 heavy (non-hydrogen) atoms. The highest BCUT2D eigenvalue weighted by molar-refractivity contribution is 7.98. The van der Waals surface area contributed by atoms with E-state index in [1.54, 1.807) is 18.9 Å². The number of piperidine rings is 1. The molecule has 160 valence electrons. The summed E-state index contributed by atoms with van der Waals surface area (Å²) in [6, 6.07) is 15.7. The zero-order valence-corrected chi connectivity index (χ0v) is 18.8. The van der Waals surface area contributed by atoms with E-state index in [-0.39, 0.29) is 11.7 Å². The molecule has 0 radical (unpaired) electrons. The number of hydrogen-bond acceptors (Lipinski definition) is 6. The molecule has 1 saturated heterocycles. The van der Waals surface area contributed by atoms with Crippen LogP contribution in [0.3, 0.4) is 0 Å². The number of ketones is 1. The van der Waals surface area contributed by atoms with Crippen LogP contribution in [0.25, 0.3) is 11.4 Å². The van der Waals surface area contributed by atoms with Crippen molar-refractivity contribution in [2.45, 2.75) is 24.3 Å². The SMILES string of the molecule is COc1ccc(-c2ncc(CN3CCCC(C(=O)c4ccccc4SC)C3)cn2)cc1. The van der Waals surface area contributed by atoms with E-state index in [9.17, 15) is 4.79 Å². The topological polar surface area (TPSA) is 55.3 Å². The van der Waals surface area contributed by atoms with Crippen LogP contribution in [0.1, 0.15) is 28.8 Å². The van der Waals surface area contributed by atoms with E-state index in [1.165, 1.54) is 0 Å². The molecule has 0 saturated carbocycles. The molecule has 4 rings (SSSR count). The van der Waals surface area contributed by atoms with Gasteiger partial charge in [-0.25, -0.2) is 9.97 Å². The average Bonchev–Trinajstić information content (AvgIpc) is 2.84. The maximum Gasteiger partial charge on any atom is 0.168 e. The maximum absolute atomic E-state index is 13.2. The van der Waals surface area contributed by atoms with Crippen LogP contribution < -0.4 is 4.74 Å². The Bertz CT molecular complexity index is 1020. The summed E-state index contributed by atoms with van der Waals surface area (Å²) in [5.41, 5.74) is 2.88. The Hall–Kier alpha value is -2.70. The molecule has 0 bridgehead atoms. The molecule has 3 aromatic rings. The molecule has 1 unspecified atom stereocenters. The zero-order valence-electron chi connectivity index (χ0n) is 18.0. The van der Waals surface area contributed by atoms with Crippen molar-refractivity contribution in [2.75, 3.05) is 26.5 Å². The van der Waals surface area contributed by atoms with Crippen molar-refractivity contribution in [1.29, 1.82) is 0 Å². The lowest BCUT2D eigenvalue weighted by Crippen LogP contribution is -2.38. The van der Waals surface area contributed by atoms with Gasteiger partial charge < -0.3 is 4.74 Å². The summed E-state index contributed by atoms with van der Waals surface area (Å²) in [7, 11) is 1.65. The highest BCUT2D eigenvalue weighted by Gasteiger charge is 2.27. The number of Topliss-reactive ketones (excluding diaryl/α,β-unsaturated/α-hetero) is 1. The molecule has 1 fully saturated rings. The molecule has 6 heteroatoms. The molecule has 2 heterocycles. The molecule has 1 atom stereocenters. The predicted molar refractivity (Wildman–Crippen MR) is 125 cm³/mol. The lowest BCUT2D eigenvalue weighted by molar-refractivity contribution is 0.0808. The number of ether oxygens (including phenoxy) is 1. The molecule has 5 nitrogen and oxygen atoms in total. The summed E-state index contributed by atoms with van der Waals surface area (Å²) in [5.74, 6) is 1.82. The number of benzene rings is 2. The van der Waals surface area contributed by atoms with E-state index in [0.717, 1.165) is 59.8 Å². The van der Waals surface area contributed by atoms with Crippen molar-refractivity contribution < 1.29 is 9.53 Å². The maximum atomic E-state index is 13.2. The molecule has 1 aromatic heterocycles. The third-order valence-corrected chi connectivity index (χ3v) is 6.50. The van der Waals surface area contributed by atoms with Gasteiger partial charge in [0.05, 0.1) is 7.11 Å². The lowest BCUT2D eigenvalue weighted by Gasteiger charge is -2.32. The number of rotatable bonds is 7. The first-order valence-electron chi connectivity index (χ1n) is 10.5. The second kappa shape index (κ2) is 10.1. The van der Waals surface area contributed by atoms with Crippen molar-refractivity contribution in [2.24, 2.45) is 5.92 Å². The zero-order chi connectivity index (χ0) is 21.6. The number of aromatic nitrogens is 2. The fourth-order valence-electron chi connectivity index (χ4n) is 4.07. The summed E-state index contributed by atoms with van der Waals surface area (Å²) in [6.07, 6.45) is 7.78. The van der Waals surface area contributed by atoms with Crippen molar-refractivity contribution in [1.82, 2.24) is 14.9 Å². The van der Waals surface area contributed by atoms with E-state index in [1.807, 2.05) is 67.2 Å². The summed E-state index contributed by atoms with van der Waals surface area (Å²) >= 11 is 1.63. The molecule has 0 spiro atoms. The van der Waals surface area contributed by atoms with Crippen LogP contribution in [0.4, 0.5) is 0 Å². The van der Waals surface area contributed by atoms with Crippen molar-refractivity contribution >= 4 is 17.5 Å². The van der Waals surface area contributed by atoms with E-state index in [0.29, 0.717) is 5.82 Å². The second-order valence-electron chi connectivity index (χ2n) is 7.78. The summed E-state index contributed by atoms with van der Waals surface area (Å²) in [5, 5.41) is 0. The molecular weight excluding hydrogens is 406 g/mol. The lowest BCUT2D eigenvalue weighted by atomic mass is 9.90. The minimum absolute atomic E-state index is 0.0431. The van der Waals surface area contributed by atoms with E-state index in [2.05, 4.69) is 14.9 Å². The van der Waals surface area contributed by atoms with Gasteiger partial charge in [0.1, 0.15) is 5.75 Å². The van der Waals surface area contributed by atoms with Gasteiger partial charge in [-0.2, -0.15) is 0 Å². The number of hydrogen-bond donors (Lipinski definition) is 0. The van der Waals surface area contributed by atoms with Gasteiger partial charge in [-0.3, -0.25) is 9.69 Å². The van der Waals surface area contributed by atoms with Crippen LogP contribution in [0.5, 0.6) is 5.75 Å². The van der Waals surface area contributed by atoms with Crippen LogP contribution in [0.2, 0.25) is 0 Å². The molecule has 2 aromatic carbocycles. The van der Waals surface area contributed by atoms with Gasteiger partial charge in [-0.1, -0.05) is 18.2 Å². The number of thioether (sulfide) groups is 1. The molecule has 1 aliphatic heterocycles. The first kappa shape index (κ1) is 21.5. The largest absolute Gasteiger partial charge is 0.497 e. The number of likely N-dealkylation sites (tertiary alicyclic amines) is 1. The van der Waals surface area contributed by atoms with Gasteiger partial charge >= 0.3 is 0 Å². The Morgan fingerprint density at radius 3 is 2.58 bits per heavy atom. The van der Waals surface area contributed by atoms with E-state index < -0.39 is 0 Å². The smallest absolute Gasteiger partial charge is 0.168 e. The fourth-order valence-corrected chi connectivity index (χ4v) is 4.67. The number of carbonyl (C=O) groups excluding carboxylic acids is 1. The van der Waals surface area contributed by atoms with E-state index in [4.69, 9.17) is 4.74 Å². The number of carbonyl (C=O) groups is 1. The van der Waals surface area contributed by atoms with Crippen molar-refractivity contribution in [3.8, 4) is 17.1 Å². The van der Waals surface area contributed by atoms with Gasteiger partial charge in [0.25, 0.3) is 0 Å². The van der Waals surface area contributed by atoms with Gasteiger partial charge in [-0.15, -0.1) is 11.8 Å². The Labute approximate surface area is 187 Å². The van der Waals surface area contributed by atoms with Gasteiger partial charge in [0.15, 0.2) is 11.6 Å². The fraction of sp³-hybridized carbons (Fsp3) is 0.320. The Balaban J connectivity index is 1.40. The second-order valence-corrected chi connectivity index (χ2v) is 8.63. The average molecular weight is 434 g/mol. The minimum atomic E-state index is 0.0431. The monoisotopic (exact) mass is 433 g/mol. The first-order valence-corrected chi connectivity index (χ1v) is 11.8. The van der Waals surface area contributed by atoms with Crippen molar-refractivity contribution in [3.05, 3.63) is 72.1 Å². The highest BCUT2D eigenvalue weighted by atomic mass is 32.2. The Morgan fingerprint density at radius 2 is 1.87 bits per heavy atom. The molecule has 0 amide bonds. The van der Waals surface area contributed by atoms with E-state index >= 15 is 0 Å². The number of nitrogens with zero attached hydrogens (tertiary/aromatic N) is 3. The first-order chi connectivity index (χ1) is 15.2. The van der Waals surface area contributed by atoms with Crippen LogP contribution in [-0.2, 0) is 6.54 Å². The Morgan fingerprint density at radius 1 is 1.13 bits per heavy atom. The van der Waals surface area contributed by atoms with Crippen LogP contribution >= 0.6 is 11.8 Å². The third kappa shape index (κ3) is 5.14. The normalized spacial score (nSPS) is 16.8. The standard InChI is InChI=1S/C25H27N3O2S/c1-30-21-11-9-19(10-12-21)25-26-14-18(15-27-25)16-28-13-5-6-20(17-28)24(29)22-7-3-4-8-23(22)31-2/h3-4,7-12,14-15,20H,5-6,13,16-17H2,1-2H3. The summed E-state index contributed by atoms with van der Waals surface area (Å²) < 4.78 is 5.20. The number of methoxy groups -OCH3 is 1. The summed E-state index contributed by atoms with van der Waals surface area (Å²) in [6.45, 7) is 2.53.